The number of pyridine rings is 2. The smallest absolute Gasteiger partial charge is 0.293 e. The molecular weight excluding hydrogens is 464 g/mol. The summed E-state index contributed by atoms with van der Waals surface area (Å²) in [5.74, 6) is 1.07. The summed E-state index contributed by atoms with van der Waals surface area (Å²) in [7, 11) is 2.18. The molecular formula is C29H36N6O2. The molecule has 1 fully saturated rings. The minimum absolute atomic E-state index is 0.323. The van der Waals surface area contributed by atoms with E-state index < -0.39 is 0 Å². The Bertz CT molecular complexity index is 1320. The van der Waals surface area contributed by atoms with Gasteiger partial charge < -0.3 is 25.3 Å². The molecule has 0 aliphatic carbocycles. The number of nitrogens with zero attached hydrogens (tertiary/aromatic N) is 4. The topological polar surface area (TPSA) is 100 Å². The zero-order valence-electron chi connectivity index (χ0n) is 22.1. The molecule has 194 valence electrons. The van der Waals surface area contributed by atoms with Crippen LogP contribution in [0, 0.1) is 20.8 Å². The van der Waals surface area contributed by atoms with Crippen LogP contribution < -0.4 is 10.6 Å². The van der Waals surface area contributed by atoms with Crippen molar-refractivity contribution >= 4 is 23.2 Å². The predicted molar refractivity (Wildman–Crippen MR) is 150 cm³/mol. The highest BCUT2D eigenvalue weighted by atomic mass is 16.5. The van der Waals surface area contributed by atoms with E-state index in [4.69, 9.17) is 10.7 Å². The molecule has 0 saturated carbocycles. The normalized spacial score (nSPS) is 13.8. The SMILES string of the molecule is Cc1cc(-c2[nH]c3cc(-c4ccc(N5CCN(C)CC5)nc4)ccc3c2C)cc(C)n1.NCCOC=O. The molecule has 0 spiro atoms. The van der Waals surface area contributed by atoms with Crippen molar-refractivity contribution in [3.63, 3.8) is 0 Å². The molecule has 1 aromatic carbocycles. The number of nitrogens with one attached hydrogen (secondary N) is 1. The second-order valence-corrected chi connectivity index (χ2v) is 9.48. The van der Waals surface area contributed by atoms with E-state index in [9.17, 15) is 4.79 Å². The van der Waals surface area contributed by atoms with Gasteiger partial charge in [0, 0.05) is 78.0 Å². The van der Waals surface area contributed by atoms with Crippen molar-refractivity contribution in [3.8, 4) is 22.4 Å². The summed E-state index contributed by atoms with van der Waals surface area (Å²) in [4.78, 5) is 26.9. The fourth-order valence-electron chi connectivity index (χ4n) is 4.68. The third-order valence-electron chi connectivity index (χ3n) is 6.64. The van der Waals surface area contributed by atoms with Gasteiger partial charge in [-0.1, -0.05) is 12.1 Å². The summed E-state index contributed by atoms with van der Waals surface area (Å²) in [6.07, 6.45) is 2.00. The zero-order valence-corrected chi connectivity index (χ0v) is 22.1. The van der Waals surface area contributed by atoms with Gasteiger partial charge in [-0.25, -0.2) is 4.98 Å². The highest BCUT2D eigenvalue weighted by Crippen LogP contribution is 2.33. The average Bonchev–Trinajstić information content (AvgIpc) is 3.23. The van der Waals surface area contributed by atoms with Crippen LogP contribution in [0.15, 0.2) is 48.7 Å². The van der Waals surface area contributed by atoms with Gasteiger partial charge >= 0.3 is 0 Å². The Hall–Kier alpha value is -3.75. The van der Waals surface area contributed by atoms with Crippen molar-refractivity contribution in [2.45, 2.75) is 20.8 Å². The van der Waals surface area contributed by atoms with Gasteiger partial charge in [-0.2, -0.15) is 0 Å². The van der Waals surface area contributed by atoms with E-state index in [1.807, 2.05) is 20.0 Å². The molecule has 8 heteroatoms. The van der Waals surface area contributed by atoms with E-state index in [1.54, 1.807) is 0 Å². The second kappa shape index (κ2) is 12.0. The molecule has 4 heterocycles. The molecule has 8 nitrogen and oxygen atoms in total. The van der Waals surface area contributed by atoms with Gasteiger partial charge in [0.25, 0.3) is 6.47 Å². The number of ether oxygens (including phenoxy) is 1. The van der Waals surface area contributed by atoms with Gasteiger partial charge in [0.2, 0.25) is 0 Å². The molecule has 37 heavy (non-hydrogen) atoms. The van der Waals surface area contributed by atoms with Crippen molar-refractivity contribution in [1.29, 1.82) is 0 Å². The largest absolute Gasteiger partial charge is 0.467 e. The number of carbonyl (C=O) groups is 1. The van der Waals surface area contributed by atoms with Crippen LogP contribution in [0.25, 0.3) is 33.3 Å². The number of benzene rings is 1. The molecule has 1 aliphatic heterocycles. The lowest BCUT2D eigenvalue weighted by Crippen LogP contribution is -2.44. The maximum absolute atomic E-state index is 9.29. The molecule has 3 aromatic heterocycles. The van der Waals surface area contributed by atoms with Crippen LogP contribution in [0.3, 0.4) is 0 Å². The van der Waals surface area contributed by atoms with Crippen molar-refractivity contribution in [3.05, 3.63) is 65.6 Å². The first kappa shape index (κ1) is 26.3. The lowest BCUT2D eigenvalue weighted by Gasteiger charge is -2.33. The monoisotopic (exact) mass is 500 g/mol. The van der Waals surface area contributed by atoms with E-state index >= 15 is 0 Å². The molecule has 0 amide bonds. The van der Waals surface area contributed by atoms with Crippen molar-refractivity contribution in [1.82, 2.24) is 19.9 Å². The lowest BCUT2D eigenvalue weighted by atomic mass is 10.0. The van der Waals surface area contributed by atoms with E-state index in [0.29, 0.717) is 19.6 Å². The summed E-state index contributed by atoms with van der Waals surface area (Å²) >= 11 is 0. The standard InChI is InChI=1S/C26H29N5.C3H7NO2/c1-17-13-22(14-18(2)28-17)26-19(3)23-7-5-20(15-24(23)29-26)21-6-8-25(27-16-21)31-11-9-30(4)10-12-31;4-1-2-6-3-5/h5-8,13-16,29H,9-12H2,1-4H3;3H,1-2,4H2. The molecule has 0 unspecified atom stereocenters. The van der Waals surface area contributed by atoms with Gasteiger partial charge in [-0.3, -0.25) is 9.78 Å². The van der Waals surface area contributed by atoms with Crippen LogP contribution in [0.1, 0.15) is 17.0 Å². The van der Waals surface area contributed by atoms with Crippen LogP contribution in [0.4, 0.5) is 5.82 Å². The summed E-state index contributed by atoms with van der Waals surface area (Å²) in [5, 5.41) is 1.26. The fourth-order valence-corrected chi connectivity index (χ4v) is 4.68. The Labute approximate surface area is 218 Å². The third-order valence-corrected chi connectivity index (χ3v) is 6.64. The Kier molecular flexibility index (Phi) is 8.53. The van der Waals surface area contributed by atoms with E-state index in [1.165, 1.54) is 27.8 Å². The van der Waals surface area contributed by atoms with Gasteiger partial charge in [0.15, 0.2) is 0 Å². The van der Waals surface area contributed by atoms with Gasteiger partial charge in [0.05, 0.1) is 0 Å². The number of hydrogen-bond acceptors (Lipinski definition) is 7. The minimum Gasteiger partial charge on any atom is -0.467 e. The van der Waals surface area contributed by atoms with Gasteiger partial charge in [0.1, 0.15) is 12.4 Å². The van der Waals surface area contributed by atoms with Crippen LogP contribution in [-0.2, 0) is 9.53 Å². The first-order valence-corrected chi connectivity index (χ1v) is 12.6. The first-order valence-electron chi connectivity index (χ1n) is 12.6. The molecule has 4 aromatic rings. The van der Waals surface area contributed by atoms with E-state index in [0.717, 1.165) is 54.5 Å². The number of rotatable bonds is 6. The van der Waals surface area contributed by atoms with Crippen LogP contribution in [-0.4, -0.2) is 72.7 Å². The number of piperazine rings is 1. The number of likely N-dealkylation sites (N-methyl/N-ethyl adjacent to an activating group) is 1. The second-order valence-electron chi connectivity index (χ2n) is 9.48. The molecule has 3 N–H and O–H groups in total. The number of anilines is 1. The Balaban J connectivity index is 0.000000480. The minimum atomic E-state index is 0.323. The number of nitrogens with two attached hydrogens (primary N) is 1. The number of hydrogen-bond donors (Lipinski definition) is 2. The van der Waals surface area contributed by atoms with Gasteiger partial charge in [-0.05, 0) is 69.3 Å². The number of aryl methyl sites for hydroxylation is 3. The number of carbonyl (C=O) groups excluding carboxylic acids is 1. The third kappa shape index (κ3) is 6.34. The van der Waals surface area contributed by atoms with Crippen molar-refractivity contribution in [2.75, 3.05) is 51.3 Å². The average molecular weight is 501 g/mol. The highest BCUT2D eigenvalue weighted by molar-refractivity contribution is 5.93. The maximum Gasteiger partial charge on any atom is 0.293 e. The van der Waals surface area contributed by atoms with Crippen LogP contribution in [0.2, 0.25) is 0 Å². The molecule has 0 radical (unpaired) electrons. The molecule has 5 rings (SSSR count). The first-order chi connectivity index (χ1) is 17.9. The van der Waals surface area contributed by atoms with Crippen LogP contribution in [0.5, 0.6) is 0 Å². The maximum atomic E-state index is 9.29. The highest BCUT2D eigenvalue weighted by Gasteiger charge is 2.16. The number of aromatic amines is 1. The summed E-state index contributed by atoms with van der Waals surface area (Å²) in [6, 6.07) is 15.3. The van der Waals surface area contributed by atoms with E-state index in [-0.39, 0.29) is 0 Å². The zero-order chi connectivity index (χ0) is 26.4. The quantitative estimate of drug-likeness (QED) is 0.304. The van der Waals surface area contributed by atoms with Crippen molar-refractivity contribution in [2.24, 2.45) is 5.73 Å². The molecule has 1 aliphatic rings. The summed E-state index contributed by atoms with van der Waals surface area (Å²) in [6.45, 7) is 11.6. The van der Waals surface area contributed by atoms with Crippen LogP contribution >= 0.6 is 0 Å². The number of fused-ring (bicyclic) bond motifs is 1. The van der Waals surface area contributed by atoms with Crippen molar-refractivity contribution < 1.29 is 9.53 Å². The number of H-pyrrole nitrogens is 1. The molecule has 1 saturated heterocycles. The molecule has 0 bridgehead atoms. The van der Waals surface area contributed by atoms with E-state index in [2.05, 4.69) is 80.9 Å². The predicted octanol–water partition coefficient (Wildman–Crippen LogP) is 4.09. The Morgan fingerprint density at radius 2 is 1.68 bits per heavy atom. The number of aromatic nitrogens is 3. The lowest BCUT2D eigenvalue weighted by molar-refractivity contribution is -0.128. The Morgan fingerprint density at radius 3 is 2.27 bits per heavy atom. The molecule has 0 atom stereocenters. The Morgan fingerprint density at radius 1 is 0.973 bits per heavy atom. The van der Waals surface area contributed by atoms with Gasteiger partial charge in [-0.15, -0.1) is 0 Å². The summed E-state index contributed by atoms with van der Waals surface area (Å²) in [5.41, 5.74) is 14.1. The summed E-state index contributed by atoms with van der Waals surface area (Å²) < 4.78 is 4.18. The fraction of sp³-hybridized carbons (Fsp3) is 0.345.